The first-order valence-electron chi connectivity index (χ1n) is 5.35. The van der Waals surface area contributed by atoms with Crippen molar-refractivity contribution in [2.75, 3.05) is 13.1 Å². The van der Waals surface area contributed by atoms with E-state index >= 15 is 0 Å². The van der Waals surface area contributed by atoms with Gasteiger partial charge in [-0.25, -0.2) is 0 Å². The van der Waals surface area contributed by atoms with Gasteiger partial charge in [0.25, 0.3) is 0 Å². The van der Waals surface area contributed by atoms with E-state index in [0.29, 0.717) is 12.1 Å². The van der Waals surface area contributed by atoms with Gasteiger partial charge in [-0.2, -0.15) is 0 Å². The Morgan fingerprint density at radius 1 is 1.23 bits per heavy atom. The third kappa shape index (κ3) is 2.68. The van der Waals surface area contributed by atoms with Crippen molar-refractivity contribution in [3.8, 4) is 0 Å². The lowest BCUT2D eigenvalue weighted by Crippen LogP contribution is -2.45. The van der Waals surface area contributed by atoms with Crippen molar-refractivity contribution in [1.82, 2.24) is 9.80 Å². The van der Waals surface area contributed by atoms with Crippen molar-refractivity contribution in [2.24, 2.45) is 0 Å². The van der Waals surface area contributed by atoms with Crippen molar-refractivity contribution in [1.29, 1.82) is 0 Å². The molecule has 1 rings (SSSR count). The predicted molar refractivity (Wildman–Crippen MR) is 57.4 cm³/mol. The molecule has 1 radical (unpaired) electrons. The largest absolute Gasteiger partial charge is 0.300 e. The molecular formula is C11H23N2. The first-order valence-corrected chi connectivity index (χ1v) is 5.35. The zero-order valence-corrected chi connectivity index (χ0v) is 9.45. The fourth-order valence-corrected chi connectivity index (χ4v) is 2.50. The van der Waals surface area contributed by atoms with E-state index in [2.05, 4.69) is 44.5 Å². The van der Waals surface area contributed by atoms with Gasteiger partial charge in [0.05, 0.1) is 0 Å². The molecule has 0 spiro atoms. The fourth-order valence-electron chi connectivity index (χ4n) is 2.50. The molecule has 1 aliphatic heterocycles. The summed E-state index contributed by atoms with van der Waals surface area (Å²) in [6.45, 7) is 11.4. The molecule has 0 bridgehead atoms. The van der Waals surface area contributed by atoms with Gasteiger partial charge in [0.15, 0.2) is 0 Å². The predicted octanol–water partition coefficient (Wildman–Crippen LogP) is 1.97. The maximum atomic E-state index is 4.00. The Hall–Kier alpha value is -0.0800. The normalized spacial score (nSPS) is 25.4. The van der Waals surface area contributed by atoms with Gasteiger partial charge in [0.2, 0.25) is 0 Å². The van der Waals surface area contributed by atoms with Gasteiger partial charge in [-0.15, -0.1) is 0 Å². The standard InChI is InChI=1S/C11H23N2/c1-9(2)13(10(3)4)11-6-7-12(5)8-11/h9-11H,5-8H2,1-4H3. The zero-order chi connectivity index (χ0) is 10.0. The summed E-state index contributed by atoms with van der Waals surface area (Å²) in [5, 5.41) is 0. The molecule has 1 atom stereocenters. The van der Waals surface area contributed by atoms with Crippen LogP contribution in [0.3, 0.4) is 0 Å². The molecule has 1 fully saturated rings. The monoisotopic (exact) mass is 183 g/mol. The molecule has 1 saturated heterocycles. The molecule has 1 aliphatic rings. The highest BCUT2D eigenvalue weighted by Crippen LogP contribution is 2.19. The van der Waals surface area contributed by atoms with Crippen molar-refractivity contribution in [3.63, 3.8) is 0 Å². The van der Waals surface area contributed by atoms with Crippen molar-refractivity contribution in [2.45, 2.75) is 52.2 Å². The van der Waals surface area contributed by atoms with Crippen LogP contribution in [0.1, 0.15) is 34.1 Å². The van der Waals surface area contributed by atoms with Crippen LogP contribution in [-0.2, 0) is 0 Å². The molecule has 0 aromatic heterocycles. The fraction of sp³-hybridized carbons (Fsp3) is 0.909. The number of hydrogen-bond donors (Lipinski definition) is 0. The second-order valence-electron chi connectivity index (χ2n) is 4.65. The topological polar surface area (TPSA) is 6.48 Å². The number of hydrogen-bond acceptors (Lipinski definition) is 2. The summed E-state index contributed by atoms with van der Waals surface area (Å²) in [4.78, 5) is 4.79. The second kappa shape index (κ2) is 4.43. The molecule has 0 saturated carbocycles. The van der Waals surface area contributed by atoms with E-state index in [1.807, 2.05) is 0 Å². The summed E-state index contributed by atoms with van der Waals surface area (Å²) in [6.07, 6.45) is 1.28. The van der Waals surface area contributed by atoms with Crippen LogP contribution in [0.2, 0.25) is 0 Å². The molecule has 0 N–H and O–H groups in total. The van der Waals surface area contributed by atoms with Crippen LogP contribution in [0.5, 0.6) is 0 Å². The van der Waals surface area contributed by atoms with Gasteiger partial charge in [-0.3, -0.25) is 4.90 Å². The number of rotatable bonds is 3. The van der Waals surface area contributed by atoms with Crippen molar-refractivity contribution in [3.05, 3.63) is 7.05 Å². The first kappa shape index (κ1) is 11.0. The van der Waals surface area contributed by atoms with Crippen LogP contribution in [0.15, 0.2) is 0 Å². The molecule has 77 valence electrons. The smallest absolute Gasteiger partial charge is 0.0240 e. The van der Waals surface area contributed by atoms with Crippen LogP contribution in [0.25, 0.3) is 0 Å². The van der Waals surface area contributed by atoms with Gasteiger partial charge in [0, 0.05) is 31.7 Å². The average Bonchev–Trinajstić information content (AvgIpc) is 2.34. The molecule has 2 nitrogen and oxygen atoms in total. The highest BCUT2D eigenvalue weighted by atomic mass is 15.3. The molecule has 2 heteroatoms. The summed E-state index contributed by atoms with van der Waals surface area (Å²) in [5.41, 5.74) is 0. The van der Waals surface area contributed by atoms with Gasteiger partial charge in [-0.1, -0.05) is 0 Å². The zero-order valence-electron chi connectivity index (χ0n) is 9.45. The Morgan fingerprint density at radius 3 is 2.08 bits per heavy atom. The molecule has 1 heterocycles. The SMILES string of the molecule is [CH2]N1CCC(N(C(C)C)C(C)C)C1. The summed E-state index contributed by atoms with van der Waals surface area (Å²) in [5.74, 6) is 0. The van der Waals surface area contributed by atoms with E-state index in [1.165, 1.54) is 6.42 Å². The molecule has 0 aromatic rings. The van der Waals surface area contributed by atoms with E-state index in [9.17, 15) is 0 Å². The number of nitrogens with zero attached hydrogens (tertiary/aromatic N) is 2. The Morgan fingerprint density at radius 2 is 1.77 bits per heavy atom. The third-order valence-corrected chi connectivity index (χ3v) is 2.86. The van der Waals surface area contributed by atoms with E-state index in [1.54, 1.807) is 0 Å². The lowest BCUT2D eigenvalue weighted by atomic mass is 10.1. The second-order valence-corrected chi connectivity index (χ2v) is 4.65. The molecule has 0 amide bonds. The Balaban J connectivity index is 2.55. The minimum atomic E-state index is 0.650. The van der Waals surface area contributed by atoms with Crippen LogP contribution < -0.4 is 0 Å². The van der Waals surface area contributed by atoms with Gasteiger partial charge in [0.1, 0.15) is 0 Å². The average molecular weight is 183 g/mol. The van der Waals surface area contributed by atoms with E-state index in [4.69, 9.17) is 0 Å². The summed E-state index contributed by atoms with van der Waals surface area (Å²) in [6, 6.07) is 2.02. The highest BCUT2D eigenvalue weighted by molar-refractivity contribution is 4.86. The lowest BCUT2D eigenvalue weighted by molar-refractivity contribution is 0.118. The highest BCUT2D eigenvalue weighted by Gasteiger charge is 2.28. The molecule has 0 aliphatic carbocycles. The molecule has 0 aromatic carbocycles. The minimum absolute atomic E-state index is 0.650. The lowest BCUT2D eigenvalue weighted by Gasteiger charge is -2.36. The molecule has 1 unspecified atom stereocenters. The van der Waals surface area contributed by atoms with Crippen LogP contribution in [-0.4, -0.2) is 41.0 Å². The Labute approximate surface area is 82.9 Å². The van der Waals surface area contributed by atoms with E-state index < -0.39 is 0 Å². The van der Waals surface area contributed by atoms with Crippen LogP contribution in [0.4, 0.5) is 0 Å². The molecule has 13 heavy (non-hydrogen) atoms. The summed E-state index contributed by atoms with van der Waals surface area (Å²) >= 11 is 0. The van der Waals surface area contributed by atoms with Crippen molar-refractivity contribution >= 4 is 0 Å². The van der Waals surface area contributed by atoms with E-state index in [-0.39, 0.29) is 0 Å². The maximum Gasteiger partial charge on any atom is 0.0240 e. The maximum absolute atomic E-state index is 4.00. The van der Waals surface area contributed by atoms with Crippen LogP contribution in [0, 0.1) is 7.05 Å². The van der Waals surface area contributed by atoms with Gasteiger partial charge >= 0.3 is 0 Å². The summed E-state index contributed by atoms with van der Waals surface area (Å²) < 4.78 is 0. The first-order chi connectivity index (χ1) is 6.02. The van der Waals surface area contributed by atoms with E-state index in [0.717, 1.165) is 19.1 Å². The Kier molecular flexibility index (Phi) is 3.74. The molecular weight excluding hydrogens is 160 g/mol. The summed E-state index contributed by atoms with van der Waals surface area (Å²) in [7, 11) is 4.00. The van der Waals surface area contributed by atoms with Crippen molar-refractivity contribution < 1.29 is 0 Å². The van der Waals surface area contributed by atoms with Gasteiger partial charge < -0.3 is 4.90 Å². The Bertz CT molecular complexity index is 146. The quantitative estimate of drug-likeness (QED) is 0.660. The minimum Gasteiger partial charge on any atom is -0.300 e. The van der Waals surface area contributed by atoms with Crippen LogP contribution >= 0.6 is 0 Å². The van der Waals surface area contributed by atoms with Gasteiger partial charge in [-0.05, 0) is 40.7 Å². The number of likely N-dealkylation sites (tertiary alicyclic amines) is 1. The third-order valence-electron chi connectivity index (χ3n) is 2.86.